The fraction of sp³-hybridized carbons (Fsp3) is 0.500. The van der Waals surface area contributed by atoms with Gasteiger partial charge in [0.2, 0.25) is 0 Å². The van der Waals surface area contributed by atoms with Gasteiger partial charge in [0.05, 0.1) is 11.6 Å². The lowest BCUT2D eigenvalue weighted by atomic mass is 10.1. The number of nitriles is 1. The van der Waals surface area contributed by atoms with Crippen molar-refractivity contribution in [3.05, 3.63) is 29.3 Å². The molecular weight excluding hydrogens is 252 g/mol. The second kappa shape index (κ2) is 6.06. The van der Waals surface area contributed by atoms with Crippen LogP contribution in [0.4, 0.5) is 5.69 Å². The maximum Gasteiger partial charge on any atom is 0.256 e. The van der Waals surface area contributed by atoms with E-state index in [1.807, 2.05) is 30.9 Å². The molecule has 1 aliphatic carbocycles. The molecule has 0 N–H and O–H groups in total. The first-order valence-corrected chi connectivity index (χ1v) is 6.99. The van der Waals surface area contributed by atoms with Gasteiger partial charge in [0.1, 0.15) is 6.10 Å². The Morgan fingerprint density at radius 2 is 2.25 bits per heavy atom. The Hall–Kier alpha value is -1.86. The Morgan fingerprint density at radius 3 is 2.70 bits per heavy atom. The van der Waals surface area contributed by atoms with Crippen LogP contribution in [-0.2, 0) is 9.53 Å². The molecule has 1 atom stereocenters. The van der Waals surface area contributed by atoms with Crippen LogP contribution in [-0.4, -0.2) is 25.2 Å². The molecule has 0 aliphatic heterocycles. The Morgan fingerprint density at radius 1 is 1.55 bits per heavy atom. The molecule has 1 aromatic rings. The van der Waals surface area contributed by atoms with Crippen molar-refractivity contribution >= 4 is 11.6 Å². The van der Waals surface area contributed by atoms with Gasteiger partial charge in [0, 0.05) is 18.8 Å². The van der Waals surface area contributed by atoms with E-state index in [0.29, 0.717) is 12.0 Å². The highest BCUT2D eigenvalue weighted by Crippen LogP contribution is 2.34. The topological polar surface area (TPSA) is 53.3 Å². The quantitative estimate of drug-likeness (QED) is 0.828. The summed E-state index contributed by atoms with van der Waals surface area (Å²) in [6.45, 7) is 3.88. The summed E-state index contributed by atoms with van der Waals surface area (Å²) < 4.78 is 5.28. The van der Waals surface area contributed by atoms with Gasteiger partial charge >= 0.3 is 0 Å². The van der Waals surface area contributed by atoms with Crippen LogP contribution in [0.1, 0.15) is 37.3 Å². The average Bonchev–Trinajstić information content (AvgIpc) is 3.27. The van der Waals surface area contributed by atoms with E-state index >= 15 is 0 Å². The molecule has 1 fully saturated rings. The highest BCUT2D eigenvalue weighted by Gasteiger charge is 2.37. The van der Waals surface area contributed by atoms with Gasteiger partial charge < -0.3 is 9.64 Å². The minimum absolute atomic E-state index is 0.0188. The third-order valence-electron chi connectivity index (χ3n) is 3.67. The summed E-state index contributed by atoms with van der Waals surface area (Å²) in [5.41, 5.74) is 2.47. The molecule has 4 nitrogen and oxygen atoms in total. The normalized spacial score (nSPS) is 15.5. The maximum absolute atomic E-state index is 12.6. The van der Waals surface area contributed by atoms with E-state index in [4.69, 9.17) is 10.00 Å². The average molecular weight is 272 g/mol. The SMILES string of the molecule is CC[C@@H](OC)C(=O)N(c1ccc(C#N)cc1C)C1CC1. The zero-order valence-corrected chi connectivity index (χ0v) is 12.2. The monoisotopic (exact) mass is 272 g/mol. The number of hydrogen-bond acceptors (Lipinski definition) is 3. The molecule has 0 spiro atoms. The third kappa shape index (κ3) is 2.83. The number of ether oxygens (including phenoxy) is 1. The number of carbonyl (C=O) groups is 1. The Bertz CT molecular complexity index is 540. The lowest BCUT2D eigenvalue weighted by molar-refractivity contribution is -0.128. The van der Waals surface area contributed by atoms with Gasteiger partial charge in [-0.2, -0.15) is 5.26 Å². The zero-order chi connectivity index (χ0) is 14.7. The first-order chi connectivity index (χ1) is 9.62. The van der Waals surface area contributed by atoms with Gasteiger partial charge in [-0.15, -0.1) is 0 Å². The molecule has 2 rings (SSSR count). The van der Waals surface area contributed by atoms with Crippen LogP contribution in [0, 0.1) is 18.3 Å². The lowest BCUT2D eigenvalue weighted by Gasteiger charge is -2.27. The van der Waals surface area contributed by atoms with Crippen molar-refractivity contribution in [3.8, 4) is 6.07 Å². The molecule has 1 aromatic carbocycles. The van der Waals surface area contributed by atoms with Crippen molar-refractivity contribution in [2.24, 2.45) is 0 Å². The van der Waals surface area contributed by atoms with Gasteiger partial charge in [-0.1, -0.05) is 6.92 Å². The molecular formula is C16H20N2O2. The van der Waals surface area contributed by atoms with E-state index in [0.717, 1.165) is 24.1 Å². The first-order valence-electron chi connectivity index (χ1n) is 6.99. The number of rotatable bonds is 5. The molecule has 1 saturated carbocycles. The summed E-state index contributed by atoms with van der Waals surface area (Å²) >= 11 is 0. The predicted molar refractivity (Wildman–Crippen MR) is 77.5 cm³/mol. The van der Waals surface area contributed by atoms with Crippen LogP contribution < -0.4 is 4.90 Å². The van der Waals surface area contributed by atoms with E-state index in [2.05, 4.69) is 6.07 Å². The van der Waals surface area contributed by atoms with E-state index in [1.165, 1.54) is 0 Å². The number of carbonyl (C=O) groups excluding carboxylic acids is 1. The lowest BCUT2D eigenvalue weighted by Crippen LogP contribution is -2.41. The van der Waals surface area contributed by atoms with Crippen molar-refractivity contribution in [1.29, 1.82) is 5.26 Å². The van der Waals surface area contributed by atoms with Crippen LogP contribution in [0.2, 0.25) is 0 Å². The van der Waals surface area contributed by atoms with Gasteiger partial charge in [0.15, 0.2) is 0 Å². The van der Waals surface area contributed by atoms with Crippen molar-refractivity contribution in [2.75, 3.05) is 12.0 Å². The smallest absolute Gasteiger partial charge is 0.256 e. The van der Waals surface area contributed by atoms with Gasteiger partial charge in [-0.25, -0.2) is 0 Å². The minimum Gasteiger partial charge on any atom is -0.372 e. The molecule has 0 bridgehead atoms. The van der Waals surface area contributed by atoms with Crippen molar-refractivity contribution in [1.82, 2.24) is 0 Å². The summed E-state index contributed by atoms with van der Waals surface area (Å²) in [6, 6.07) is 7.86. The molecule has 20 heavy (non-hydrogen) atoms. The largest absolute Gasteiger partial charge is 0.372 e. The Labute approximate surface area is 120 Å². The number of amides is 1. The molecule has 4 heteroatoms. The van der Waals surface area contributed by atoms with Crippen molar-refractivity contribution in [2.45, 2.75) is 45.3 Å². The maximum atomic E-state index is 12.6. The second-order valence-corrected chi connectivity index (χ2v) is 5.19. The summed E-state index contributed by atoms with van der Waals surface area (Å²) in [4.78, 5) is 14.5. The summed E-state index contributed by atoms with van der Waals surface area (Å²) in [6.07, 6.45) is 2.33. The summed E-state index contributed by atoms with van der Waals surface area (Å²) in [5.74, 6) is 0.0188. The number of aryl methyl sites for hydroxylation is 1. The van der Waals surface area contributed by atoms with E-state index in [9.17, 15) is 4.79 Å². The minimum atomic E-state index is -0.398. The summed E-state index contributed by atoms with van der Waals surface area (Å²) in [5, 5.41) is 8.94. The van der Waals surface area contributed by atoms with Gasteiger partial charge in [-0.3, -0.25) is 4.79 Å². The molecule has 0 heterocycles. The molecule has 1 amide bonds. The molecule has 0 saturated heterocycles. The van der Waals surface area contributed by atoms with Crippen LogP contribution >= 0.6 is 0 Å². The number of benzene rings is 1. The van der Waals surface area contributed by atoms with E-state index in [1.54, 1.807) is 13.2 Å². The number of methoxy groups -OCH3 is 1. The van der Waals surface area contributed by atoms with Crippen molar-refractivity contribution < 1.29 is 9.53 Å². The zero-order valence-electron chi connectivity index (χ0n) is 12.2. The second-order valence-electron chi connectivity index (χ2n) is 5.19. The Balaban J connectivity index is 2.34. The molecule has 106 valence electrons. The Kier molecular flexibility index (Phi) is 4.41. The van der Waals surface area contributed by atoms with Crippen LogP contribution in [0.5, 0.6) is 0 Å². The van der Waals surface area contributed by atoms with E-state index < -0.39 is 6.10 Å². The van der Waals surface area contributed by atoms with Gasteiger partial charge in [0.25, 0.3) is 5.91 Å². The number of hydrogen-bond donors (Lipinski definition) is 0. The predicted octanol–water partition coefficient (Wildman–Crippen LogP) is 2.79. The van der Waals surface area contributed by atoms with Crippen LogP contribution in [0.25, 0.3) is 0 Å². The van der Waals surface area contributed by atoms with Crippen LogP contribution in [0.3, 0.4) is 0 Å². The molecule has 1 aliphatic rings. The number of anilines is 1. The fourth-order valence-electron chi connectivity index (χ4n) is 2.42. The third-order valence-corrected chi connectivity index (χ3v) is 3.67. The first kappa shape index (κ1) is 14.5. The van der Waals surface area contributed by atoms with E-state index in [-0.39, 0.29) is 11.9 Å². The molecule has 0 unspecified atom stereocenters. The highest BCUT2D eigenvalue weighted by atomic mass is 16.5. The number of nitrogens with zero attached hydrogens (tertiary/aromatic N) is 2. The van der Waals surface area contributed by atoms with Crippen molar-refractivity contribution in [3.63, 3.8) is 0 Å². The highest BCUT2D eigenvalue weighted by molar-refractivity contribution is 5.98. The fourth-order valence-corrected chi connectivity index (χ4v) is 2.42. The molecule has 0 radical (unpaired) electrons. The van der Waals surface area contributed by atoms with Crippen LogP contribution in [0.15, 0.2) is 18.2 Å². The summed E-state index contributed by atoms with van der Waals surface area (Å²) in [7, 11) is 1.57. The molecule has 0 aromatic heterocycles. The standard InChI is InChI=1S/C16H20N2O2/c1-4-15(20-3)16(19)18(13-6-7-13)14-8-5-12(10-17)9-11(14)2/h5,8-9,13,15H,4,6-7H2,1-3H3/t15-/m1/s1. The van der Waals surface area contributed by atoms with Gasteiger partial charge in [-0.05, 0) is 49.9 Å².